The average Bonchev–Trinajstić information content (AvgIpc) is 0.768. The Morgan fingerprint density at radius 1 is 0.206 bits per heavy atom. The predicted octanol–water partition coefficient (Wildman–Crippen LogP) is -37.9. The molecule has 30 rings (SSSR count). The molecule has 0 amide bonds. The van der Waals surface area contributed by atoms with Crippen LogP contribution in [0.25, 0.3) is 0 Å². The fourth-order valence-electron chi connectivity index (χ4n) is 14.0. The number of carboxylic acids is 4. The molecule has 64 heteroatoms. The molecule has 0 aromatic rings. The number of aliphatic carboxylic acids is 4. The number of aliphatic hydroxyl groups is 16. The minimum Gasteiger partial charge on any atom is -0.550 e. The molecule has 0 aliphatic carbocycles. The molecule has 16 unspecified atom stereocenters. The smallest absolute Gasteiger partial charge is 0.550 e. The van der Waals surface area contributed by atoms with Crippen molar-refractivity contribution in [3.8, 4) is 0 Å². The largest absolute Gasteiger partial charge is 1.00 e. The summed E-state index contributed by atoms with van der Waals surface area (Å²) < 4.78 is 100. The van der Waals surface area contributed by atoms with Crippen LogP contribution >= 0.6 is 94.1 Å². The summed E-state index contributed by atoms with van der Waals surface area (Å²) in [6.45, 7) is 15.4. The van der Waals surface area contributed by atoms with Crippen LogP contribution in [0.15, 0.2) is 0 Å². The molecule has 736 valence electrons. The molecule has 30 heterocycles. The van der Waals surface area contributed by atoms with E-state index in [1.807, 2.05) is 0 Å². The van der Waals surface area contributed by atoms with Gasteiger partial charge in [0.2, 0.25) is 0 Å². The van der Waals surface area contributed by atoms with Gasteiger partial charge in [-0.25, -0.2) is 0 Å². The van der Waals surface area contributed by atoms with E-state index in [1.165, 1.54) is 0 Å². The van der Waals surface area contributed by atoms with E-state index >= 15 is 0 Å². The van der Waals surface area contributed by atoms with Gasteiger partial charge in [0, 0.05) is 69.9 Å². The van der Waals surface area contributed by atoms with Crippen molar-refractivity contribution >= 4 is 143 Å². The van der Waals surface area contributed by atoms with Crippen molar-refractivity contribution in [2.75, 3.05) is 92.0 Å². The van der Waals surface area contributed by atoms with Gasteiger partial charge in [-0.05, 0) is 48.7 Å². The van der Waals surface area contributed by atoms with E-state index in [1.54, 1.807) is 0 Å². The topological polar surface area (TPSA) is 768 Å². The van der Waals surface area contributed by atoms with Gasteiger partial charge in [0.15, 0.2) is 50.3 Å². The standard InChI is InChI=1S/C68H108O40S8.4CO2.8Na/c1-5-109-17-25-53-38(78)46(86)62(94-25)103-55-27(19-111-7-3)96-64(48(88)40(55)80)105-57-29(21-113-13-9-33(69)70)98-66(50(90)42(57)82)107-59-31(23-115-15-11-35(73)74)100-68(52(92)44(59)84)108-60-32(24-116-16-12-36(75)76)99-67(51(91)43(60)83)106-58-30(22-114-14-10-34(71)72)97-65(49(89)41(58)81)104-56-28(20-112-8-4)95-63(47(87)39(56)79)102-54-26(18-110-6-2)93-61(101-53)45(85)37(54)77;4*2-1-3;;;;;;;;/h25-32,37-68,77-92H,1-24H2,(H,69,70)(H,71,72)(H,73,74)(H,75,76);;;;;;;;;;;;/q-4;;;;;8*+1/p-4/t25?,26?,27?,28?,29?,30?,31?,32?,37-,38-,39-,40-,41-,42-,43-,44-,45?,46?,47?,48?,49?,50?,51?,52?,53-,54+,55-,56-,57-,58-,59-,60-,61-,62-,63+,64-,65+,66-,67-,68-;;;;;;;;;;;;/m1............/s1. The van der Waals surface area contributed by atoms with Crippen LogP contribution in [-0.2, 0) is 133 Å². The Morgan fingerprint density at radius 2 is 0.309 bits per heavy atom. The average molecular weight is 2180 g/mol. The van der Waals surface area contributed by atoms with Crippen LogP contribution in [0.2, 0.25) is 0 Å². The van der Waals surface area contributed by atoms with Gasteiger partial charge in [0.05, 0.1) is 48.8 Å². The van der Waals surface area contributed by atoms with E-state index in [9.17, 15) is 121 Å². The first-order valence-electron chi connectivity index (χ1n) is 38.9. The number of hydrogen-bond acceptors (Lipinski definition) is 56. The zero-order chi connectivity index (χ0) is 95.3. The van der Waals surface area contributed by atoms with Crippen LogP contribution in [0, 0.1) is 27.7 Å². The molecular formula is C72H104Na8O48S8. The number of ether oxygens (including phenoxy) is 16. The summed E-state index contributed by atoms with van der Waals surface area (Å²) in [6.07, 6.45) is -77.2. The molecule has 40 atom stereocenters. The molecule has 136 heavy (non-hydrogen) atoms. The minimum absolute atomic E-state index is 0. The molecule has 30 saturated heterocycles. The fraction of sp³-hybridized carbons (Fsp3) is 0.833. The summed E-state index contributed by atoms with van der Waals surface area (Å²) in [6, 6.07) is 0. The Labute approximate surface area is 992 Å². The molecule has 0 saturated carbocycles. The molecule has 16 N–H and O–H groups in total. The van der Waals surface area contributed by atoms with Gasteiger partial charge in [0.1, 0.15) is 146 Å². The minimum atomic E-state index is -2.28. The van der Waals surface area contributed by atoms with E-state index in [4.69, 9.17) is 114 Å². The van der Waals surface area contributed by atoms with Gasteiger partial charge in [-0.2, -0.15) is 132 Å². The van der Waals surface area contributed by atoms with Crippen molar-refractivity contribution < 1.29 is 472 Å². The second kappa shape index (κ2) is 79.0. The Morgan fingerprint density at radius 3 is 0.404 bits per heavy atom. The number of carbonyl (C=O) groups is 4. The van der Waals surface area contributed by atoms with Gasteiger partial charge in [0.25, 0.3) is 0 Å². The molecule has 0 aromatic heterocycles. The first kappa shape index (κ1) is 147. The quantitative estimate of drug-likeness (QED) is 0.0169. The Hall–Kier alpha value is 4.92. The zero-order valence-corrected chi connectivity index (χ0v) is 98.1. The van der Waals surface area contributed by atoms with Gasteiger partial charge in [-0.1, -0.05) is 0 Å². The van der Waals surface area contributed by atoms with Crippen LogP contribution in [0.1, 0.15) is 25.7 Å². The molecule has 30 fully saturated rings. The Bertz CT molecular complexity index is 3320. The molecular weight excluding hydrogens is 2070 g/mol. The Balaban J connectivity index is -0.00000413. The predicted molar refractivity (Wildman–Crippen MR) is 423 cm³/mol. The SMILES string of the molecule is O=C=O.O=C=O.O=C=O.O=C=O.[CH2-]CSCC1O[C@@H]2O[C@@H]3C(CSCCC(=O)[O-])O[C@H](O[C@@H]4C(CSCCC(=O)[O-])O[C@H](O[C@@H]5C(CSCCC(=O)[O-])O[C@H](O[C@@H]6C(CSCCC(=O)[O-])O[C@@H](O[C@@H]7C(CSC[CH2-])O[C@@H](O[C@H]8C(CSC[CH2-])O[C@H](O[C@@H]9C(CSC[CH2-])O[C@H](O[C@H]1[C@H](O)C2O)C(O)[C@H]9O)C(O)[C@H]8O)C(O)[C@H]7O)C(O)[C@H]6O)C(O)[C@H]5O)C(O)[C@H]4O)C(O)[C@H]3O.[Na+].[Na+].[Na+].[Na+].[Na+].[Na+].[Na+].[Na+]. The first-order valence-corrected chi connectivity index (χ1v) is 48.1. The van der Waals surface area contributed by atoms with Gasteiger partial charge in [-0.15, -0.1) is 23.0 Å². The summed E-state index contributed by atoms with van der Waals surface area (Å²) in [4.78, 5) is 111. The van der Waals surface area contributed by atoms with Crippen LogP contribution < -0.4 is 257 Å². The molecule has 0 spiro atoms. The van der Waals surface area contributed by atoms with E-state index in [0.717, 1.165) is 94.1 Å². The van der Waals surface area contributed by atoms with Crippen molar-refractivity contribution in [1.82, 2.24) is 0 Å². The summed E-state index contributed by atoms with van der Waals surface area (Å²) in [5.41, 5.74) is 0. The summed E-state index contributed by atoms with van der Waals surface area (Å²) in [7, 11) is 0. The van der Waals surface area contributed by atoms with E-state index in [0.29, 0.717) is 0 Å². The number of thioether (sulfide) groups is 8. The van der Waals surface area contributed by atoms with Crippen molar-refractivity contribution in [3.05, 3.63) is 27.7 Å². The van der Waals surface area contributed by atoms with Crippen LogP contribution in [0.4, 0.5) is 0 Å². The maximum absolute atomic E-state index is 12.2. The molecule has 0 aromatic carbocycles. The van der Waals surface area contributed by atoms with Gasteiger partial charge in [-0.3, -0.25) is 0 Å². The molecule has 16 bridgehead atoms. The number of aliphatic hydroxyl groups excluding tert-OH is 16. The van der Waals surface area contributed by atoms with E-state index in [-0.39, 0.29) is 353 Å². The Kier molecular flexibility index (Phi) is 85.4. The number of carboxylic acid groups (broad SMARTS) is 4. The van der Waals surface area contributed by atoms with Crippen molar-refractivity contribution in [2.24, 2.45) is 0 Å². The first-order chi connectivity index (χ1) is 61.0. The van der Waals surface area contributed by atoms with Gasteiger partial charge >= 0.3 is 261 Å². The fourth-order valence-corrected chi connectivity index (χ4v) is 20.6. The van der Waals surface area contributed by atoms with Crippen LogP contribution in [0.3, 0.4) is 0 Å². The maximum Gasteiger partial charge on any atom is 1.00 e. The van der Waals surface area contributed by atoms with E-state index < -0.39 is 295 Å². The van der Waals surface area contributed by atoms with E-state index in [2.05, 4.69) is 27.7 Å². The third kappa shape index (κ3) is 45.5. The van der Waals surface area contributed by atoms with Crippen molar-refractivity contribution in [2.45, 2.75) is 271 Å². The molecule has 0 radical (unpaired) electrons. The third-order valence-electron chi connectivity index (χ3n) is 20.1. The van der Waals surface area contributed by atoms with Crippen molar-refractivity contribution in [3.63, 3.8) is 0 Å². The maximum atomic E-state index is 12.2. The van der Waals surface area contributed by atoms with Crippen LogP contribution in [0.5, 0.6) is 0 Å². The molecule has 30 aliphatic rings. The monoisotopic (exact) mass is 2180 g/mol. The van der Waals surface area contributed by atoms with Crippen molar-refractivity contribution in [1.29, 1.82) is 0 Å². The second-order valence-corrected chi connectivity index (χ2v) is 37.6. The normalized spacial score (nSPS) is 38.4. The molecule has 30 aliphatic heterocycles. The third-order valence-corrected chi connectivity index (χ3v) is 27.7. The second-order valence-electron chi connectivity index (χ2n) is 28.4. The summed E-state index contributed by atoms with van der Waals surface area (Å²) in [5, 5.41) is 240. The summed E-state index contributed by atoms with van der Waals surface area (Å²) in [5.74, 6) is -7.50. The number of hydrogen-bond donors (Lipinski definition) is 16. The number of carbonyl (C=O) groups excluding carboxylic acids is 12. The van der Waals surface area contributed by atoms with Crippen LogP contribution in [-0.4, -0.2) is 468 Å². The number of rotatable bonds is 32. The zero-order valence-electron chi connectivity index (χ0n) is 75.5. The molecule has 48 nitrogen and oxygen atoms in total. The van der Waals surface area contributed by atoms with Gasteiger partial charge < -0.3 is 225 Å². The summed E-state index contributed by atoms with van der Waals surface area (Å²) >= 11 is 8.17.